The van der Waals surface area contributed by atoms with Crippen LogP contribution in [0.3, 0.4) is 0 Å². The molecule has 0 atom stereocenters. The van der Waals surface area contributed by atoms with Gasteiger partial charge in [-0.1, -0.05) is 0 Å². The second-order valence-electron chi connectivity index (χ2n) is 2.37. The van der Waals surface area contributed by atoms with Crippen molar-refractivity contribution in [3.63, 3.8) is 0 Å². The van der Waals surface area contributed by atoms with Crippen molar-refractivity contribution >= 4 is 11.3 Å². The third-order valence-corrected chi connectivity index (χ3v) is 2.12. The molecule has 0 fully saturated rings. The van der Waals surface area contributed by atoms with Crippen LogP contribution in [-0.2, 0) is 0 Å². The average Bonchev–Trinajstić information content (AvgIpc) is 2.31. The van der Waals surface area contributed by atoms with E-state index in [1.54, 1.807) is 0 Å². The summed E-state index contributed by atoms with van der Waals surface area (Å²) >= 11 is 0.209. The average molecular weight is 234 g/mol. The van der Waals surface area contributed by atoms with Crippen molar-refractivity contribution in [3.8, 4) is 0 Å². The zero-order valence-electron chi connectivity index (χ0n) is 6.28. The molecule has 0 N–H and O–H groups in total. The van der Waals surface area contributed by atoms with Gasteiger partial charge in [0.1, 0.15) is 0 Å². The van der Waals surface area contributed by atoms with E-state index < -0.39 is 23.1 Å². The quantitative estimate of drug-likeness (QED) is 0.680. The Balaban J connectivity index is 3.08. The predicted molar refractivity (Wildman–Crippen MR) is 35.8 cm³/mol. The van der Waals surface area contributed by atoms with Crippen molar-refractivity contribution in [1.82, 2.24) is 4.98 Å². The van der Waals surface area contributed by atoms with Gasteiger partial charge in [0.2, 0.25) is 0 Å². The first-order valence-electron chi connectivity index (χ1n) is 3.18. The molecule has 0 aliphatic carbocycles. The van der Waals surface area contributed by atoms with Crippen LogP contribution in [0.1, 0.15) is 10.8 Å². The first kappa shape index (κ1) is 11.3. The summed E-state index contributed by atoms with van der Waals surface area (Å²) in [6.45, 7) is 0. The zero-order chi connectivity index (χ0) is 11.0. The lowest BCUT2D eigenvalue weighted by Crippen LogP contribution is -2.33. The summed E-state index contributed by atoms with van der Waals surface area (Å²) in [7, 11) is 0. The van der Waals surface area contributed by atoms with E-state index in [2.05, 4.69) is 4.98 Å². The van der Waals surface area contributed by atoms with Crippen molar-refractivity contribution in [1.29, 1.82) is 0 Å². The van der Waals surface area contributed by atoms with Gasteiger partial charge in [0, 0.05) is 11.1 Å². The van der Waals surface area contributed by atoms with Crippen LogP contribution in [0.2, 0.25) is 0 Å². The summed E-state index contributed by atoms with van der Waals surface area (Å²) < 4.78 is 72.1. The lowest BCUT2D eigenvalue weighted by Gasteiger charge is -2.21. The van der Waals surface area contributed by atoms with Gasteiger partial charge < -0.3 is 0 Å². The Labute approximate surface area is 78.4 Å². The Morgan fingerprint density at radius 1 is 1.14 bits per heavy atom. The van der Waals surface area contributed by atoms with Gasteiger partial charge in [-0.3, -0.25) is 0 Å². The van der Waals surface area contributed by atoms with Crippen LogP contribution in [0.15, 0.2) is 6.20 Å². The number of alkyl halides is 6. The second kappa shape index (κ2) is 3.41. The maximum atomic E-state index is 12.0. The topological polar surface area (TPSA) is 12.9 Å². The van der Waals surface area contributed by atoms with Gasteiger partial charge in [-0.15, -0.1) is 11.3 Å². The summed E-state index contributed by atoms with van der Waals surface area (Å²) in [5.41, 5.74) is 1.95. The minimum absolute atomic E-state index is 0.209. The van der Waals surface area contributed by atoms with E-state index in [-0.39, 0.29) is 11.3 Å². The molecular formula is C6H2F6NS. The summed E-state index contributed by atoms with van der Waals surface area (Å²) in [6.07, 6.45) is -10.2. The van der Waals surface area contributed by atoms with Crippen LogP contribution in [-0.4, -0.2) is 17.3 Å². The highest BCUT2D eigenvalue weighted by molar-refractivity contribution is 7.09. The largest absolute Gasteiger partial charge is 0.405 e. The van der Waals surface area contributed by atoms with E-state index in [1.807, 2.05) is 5.51 Å². The molecule has 0 amide bonds. The number of nitrogens with zero attached hydrogens (tertiary/aromatic N) is 1. The monoisotopic (exact) mass is 234 g/mol. The molecule has 14 heavy (non-hydrogen) atoms. The second-order valence-corrected chi connectivity index (χ2v) is 3.23. The van der Waals surface area contributed by atoms with Gasteiger partial charge in [-0.2, -0.15) is 26.3 Å². The molecule has 79 valence electrons. The molecule has 1 aromatic rings. The molecule has 0 aromatic carbocycles. The standard InChI is InChI=1S/C6H2F6NS/c7-5(8,9)4(6(10,11)12)3-1-13-2-14-3/h1,4H. The molecule has 0 unspecified atom stereocenters. The minimum atomic E-state index is -5.35. The van der Waals surface area contributed by atoms with Crippen LogP contribution in [0.25, 0.3) is 0 Å². The fraction of sp³-hybridized carbons (Fsp3) is 0.500. The minimum Gasteiger partial charge on any atom is -0.242 e. The number of rotatable bonds is 1. The Hall–Kier alpha value is -0.790. The molecule has 8 heteroatoms. The number of aromatic nitrogens is 1. The molecule has 1 nitrogen and oxygen atoms in total. The van der Waals surface area contributed by atoms with Crippen LogP contribution in [0.4, 0.5) is 26.3 Å². The molecule has 0 bridgehead atoms. The van der Waals surface area contributed by atoms with Crippen molar-refractivity contribution in [2.45, 2.75) is 18.3 Å². The van der Waals surface area contributed by atoms with E-state index in [0.29, 0.717) is 6.20 Å². The van der Waals surface area contributed by atoms with E-state index >= 15 is 0 Å². The summed E-state index contributed by atoms with van der Waals surface area (Å²) in [6, 6.07) is 0. The Kier molecular flexibility index (Phi) is 2.75. The van der Waals surface area contributed by atoms with Gasteiger partial charge in [0.25, 0.3) is 0 Å². The maximum Gasteiger partial charge on any atom is 0.405 e. The van der Waals surface area contributed by atoms with E-state index in [4.69, 9.17) is 0 Å². The van der Waals surface area contributed by atoms with Crippen molar-refractivity contribution in [2.24, 2.45) is 0 Å². The van der Waals surface area contributed by atoms with E-state index in [0.717, 1.165) is 0 Å². The lowest BCUT2D eigenvalue weighted by molar-refractivity contribution is -0.252. The van der Waals surface area contributed by atoms with Crippen molar-refractivity contribution < 1.29 is 26.3 Å². The first-order chi connectivity index (χ1) is 6.23. The fourth-order valence-corrected chi connectivity index (χ4v) is 1.54. The van der Waals surface area contributed by atoms with Gasteiger partial charge in [0.15, 0.2) is 11.4 Å². The van der Waals surface area contributed by atoms with Gasteiger partial charge in [-0.05, 0) is 0 Å². The van der Waals surface area contributed by atoms with Crippen LogP contribution < -0.4 is 0 Å². The van der Waals surface area contributed by atoms with Gasteiger partial charge in [-0.25, -0.2) is 4.98 Å². The van der Waals surface area contributed by atoms with Gasteiger partial charge in [0.05, 0.1) is 0 Å². The third-order valence-electron chi connectivity index (χ3n) is 1.35. The van der Waals surface area contributed by atoms with Crippen LogP contribution >= 0.6 is 11.3 Å². The lowest BCUT2D eigenvalue weighted by atomic mass is 10.1. The molecule has 0 spiro atoms. The zero-order valence-corrected chi connectivity index (χ0v) is 7.09. The van der Waals surface area contributed by atoms with Crippen LogP contribution in [0.5, 0.6) is 0 Å². The SMILES string of the molecule is FC(F)(F)C(c1cn[c]s1)C(F)(F)F. The fourth-order valence-electron chi connectivity index (χ4n) is 0.837. The molecule has 1 heterocycles. The molecular weight excluding hydrogens is 232 g/mol. The highest BCUT2D eigenvalue weighted by atomic mass is 32.1. The summed E-state index contributed by atoms with van der Waals surface area (Å²) in [5, 5.41) is 0. The molecule has 0 aliphatic rings. The smallest absolute Gasteiger partial charge is 0.242 e. The summed E-state index contributed by atoms with van der Waals surface area (Å²) in [4.78, 5) is 2.17. The Bertz CT molecular complexity index is 272. The van der Waals surface area contributed by atoms with Crippen molar-refractivity contribution in [3.05, 3.63) is 16.6 Å². The van der Waals surface area contributed by atoms with Crippen LogP contribution in [0, 0.1) is 5.51 Å². The first-order valence-corrected chi connectivity index (χ1v) is 4.00. The van der Waals surface area contributed by atoms with E-state index in [9.17, 15) is 26.3 Å². The normalized spacial score (nSPS) is 13.6. The van der Waals surface area contributed by atoms with Crippen molar-refractivity contribution in [2.75, 3.05) is 0 Å². The third kappa shape index (κ3) is 2.37. The summed E-state index contributed by atoms with van der Waals surface area (Å²) in [5.74, 6) is -3.46. The molecule has 1 aromatic heterocycles. The van der Waals surface area contributed by atoms with Gasteiger partial charge >= 0.3 is 12.4 Å². The maximum absolute atomic E-state index is 12.0. The molecule has 1 rings (SSSR count). The number of thiazole rings is 1. The molecule has 0 saturated carbocycles. The number of hydrogen-bond donors (Lipinski definition) is 0. The highest BCUT2D eigenvalue weighted by Crippen LogP contribution is 2.47. The molecule has 1 radical (unpaired) electrons. The molecule has 0 saturated heterocycles. The Morgan fingerprint density at radius 2 is 1.64 bits per heavy atom. The molecule has 0 aliphatic heterocycles. The number of hydrogen-bond acceptors (Lipinski definition) is 2. The number of halogens is 6. The Morgan fingerprint density at radius 3 is 1.93 bits per heavy atom. The van der Waals surface area contributed by atoms with E-state index in [1.165, 1.54) is 0 Å². The highest BCUT2D eigenvalue weighted by Gasteiger charge is 2.58. The predicted octanol–water partition coefficient (Wildman–Crippen LogP) is 3.15.